The second-order valence-electron chi connectivity index (χ2n) is 5.17. The van der Waals surface area contributed by atoms with E-state index in [1.165, 1.54) is 23.9 Å². The van der Waals surface area contributed by atoms with Crippen LogP contribution in [0.3, 0.4) is 0 Å². The Bertz CT molecular complexity index is 630. The molecule has 0 saturated carbocycles. The highest BCUT2D eigenvalue weighted by molar-refractivity contribution is 6.30. The summed E-state index contributed by atoms with van der Waals surface area (Å²) in [5, 5.41) is 0.760. The molecular weight excluding hydrogens is 274 g/mol. The number of methoxy groups -OCH3 is 1. The zero-order valence-electron chi connectivity index (χ0n) is 11.3. The SMILES string of the molecule is COC(=O)c1cc2c([nH]1)CCC2Cc1ccc(Cl)cc1. The fraction of sp³-hybridized carbons (Fsp3) is 0.312. The van der Waals surface area contributed by atoms with E-state index >= 15 is 0 Å². The molecule has 0 saturated heterocycles. The van der Waals surface area contributed by atoms with Gasteiger partial charge in [0.2, 0.25) is 0 Å². The van der Waals surface area contributed by atoms with Crippen LogP contribution in [0.5, 0.6) is 0 Å². The summed E-state index contributed by atoms with van der Waals surface area (Å²) in [6.07, 6.45) is 3.08. The maximum absolute atomic E-state index is 11.6. The van der Waals surface area contributed by atoms with Gasteiger partial charge < -0.3 is 9.72 Å². The molecule has 1 aliphatic carbocycles. The number of fused-ring (bicyclic) bond motifs is 1. The highest BCUT2D eigenvalue weighted by atomic mass is 35.5. The molecule has 1 aromatic heterocycles. The third-order valence-corrected chi connectivity index (χ3v) is 4.17. The molecule has 3 rings (SSSR count). The van der Waals surface area contributed by atoms with Crippen molar-refractivity contribution in [2.45, 2.75) is 25.2 Å². The number of hydrogen-bond acceptors (Lipinski definition) is 2. The van der Waals surface area contributed by atoms with Crippen molar-refractivity contribution in [2.75, 3.05) is 7.11 Å². The molecule has 1 N–H and O–H groups in total. The van der Waals surface area contributed by atoms with Crippen LogP contribution in [0.25, 0.3) is 0 Å². The lowest BCUT2D eigenvalue weighted by atomic mass is 9.95. The van der Waals surface area contributed by atoms with Crippen LogP contribution in [0.4, 0.5) is 0 Å². The Morgan fingerprint density at radius 3 is 2.85 bits per heavy atom. The largest absolute Gasteiger partial charge is 0.464 e. The Kier molecular flexibility index (Phi) is 3.53. The van der Waals surface area contributed by atoms with Crippen LogP contribution in [-0.2, 0) is 17.6 Å². The number of nitrogens with one attached hydrogen (secondary N) is 1. The van der Waals surface area contributed by atoms with Gasteiger partial charge in [0.25, 0.3) is 0 Å². The van der Waals surface area contributed by atoms with Crippen molar-refractivity contribution in [1.82, 2.24) is 4.98 Å². The third-order valence-electron chi connectivity index (χ3n) is 3.92. The second kappa shape index (κ2) is 5.33. The summed E-state index contributed by atoms with van der Waals surface area (Å²) in [7, 11) is 1.40. The number of benzene rings is 1. The first kappa shape index (κ1) is 13.3. The smallest absolute Gasteiger partial charge is 0.354 e. The Morgan fingerprint density at radius 1 is 1.40 bits per heavy atom. The van der Waals surface area contributed by atoms with Crippen LogP contribution in [0, 0.1) is 0 Å². The average Bonchev–Trinajstić information content (AvgIpc) is 3.02. The fourth-order valence-electron chi connectivity index (χ4n) is 2.90. The molecule has 4 heteroatoms. The van der Waals surface area contributed by atoms with Gasteiger partial charge in [-0.3, -0.25) is 0 Å². The summed E-state index contributed by atoms with van der Waals surface area (Å²) >= 11 is 5.91. The minimum Gasteiger partial charge on any atom is -0.464 e. The Hall–Kier alpha value is -1.74. The van der Waals surface area contributed by atoms with Crippen LogP contribution in [0.15, 0.2) is 30.3 Å². The topological polar surface area (TPSA) is 42.1 Å². The van der Waals surface area contributed by atoms with Gasteiger partial charge in [-0.2, -0.15) is 0 Å². The van der Waals surface area contributed by atoms with E-state index in [2.05, 4.69) is 17.1 Å². The van der Waals surface area contributed by atoms with Crippen molar-refractivity contribution >= 4 is 17.6 Å². The Balaban J connectivity index is 1.80. The van der Waals surface area contributed by atoms with Gasteiger partial charge in [0.05, 0.1) is 7.11 Å². The third kappa shape index (κ3) is 2.46. The van der Waals surface area contributed by atoms with E-state index in [4.69, 9.17) is 16.3 Å². The monoisotopic (exact) mass is 289 g/mol. The first-order chi connectivity index (χ1) is 9.67. The van der Waals surface area contributed by atoms with Crippen molar-refractivity contribution in [3.05, 3.63) is 57.9 Å². The maximum atomic E-state index is 11.6. The number of carbonyl (C=O) groups excluding carboxylic acids is 1. The van der Waals surface area contributed by atoms with Gasteiger partial charge in [0.15, 0.2) is 0 Å². The standard InChI is InChI=1S/C16H16ClNO2/c1-20-16(19)15-9-13-11(4-7-14(13)18-15)8-10-2-5-12(17)6-3-10/h2-3,5-6,9,11,18H,4,7-8H2,1H3. The van der Waals surface area contributed by atoms with Gasteiger partial charge in [0.1, 0.15) is 5.69 Å². The molecule has 1 aromatic carbocycles. The van der Waals surface area contributed by atoms with Crippen molar-refractivity contribution in [3.63, 3.8) is 0 Å². The lowest BCUT2D eigenvalue weighted by Crippen LogP contribution is -2.02. The zero-order valence-corrected chi connectivity index (χ0v) is 12.0. The van der Waals surface area contributed by atoms with E-state index in [1.807, 2.05) is 18.2 Å². The minimum absolute atomic E-state index is 0.301. The molecule has 0 amide bonds. The highest BCUT2D eigenvalue weighted by Crippen LogP contribution is 2.36. The number of H-pyrrole nitrogens is 1. The molecule has 20 heavy (non-hydrogen) atoms. The quantitative estimate of drug-likeness (QED) is 0.875. The predicted molar refractivity (Wildman–Crippen MR) is 78.4 cm³/mol. The molecule has 1 atom stereocenters. The Morgan fingerprint density at radius 2 is 2.15 bits per heavy atom. The minimum atomic E-state index is -0.301. The molecule has 0 fully saturated rings. The van der Waals surface area contributed by atoms with Gasteiger partial charge in [-0.1, -0.05) is 23.7 Å². The molecular formula is C16H16ClNO2. The van der Waals surface area contributed by atoms with Crippen LogP contribution >= 0.6 is 11.6 Å². The molecule has 0 bridgehead atoms. The van der Waals surface area contributed by atoms with Gasteiger partial charge in [-0.25, -0.2) is 4.79 Å². The number of esters is 1. The van der Waals surface area contributed by atoms with Crippen molar-refractivity contribution in [2.24, 2.45) is 0 Å². The number of carbonyl (C=O) groups is 1. The number of ether oxygens (including phenoxy) is 1. The van der Waals surface area contributed by atoms with Crippen molar-refractivity contribution < 1.29 is 9.53 Å². The summed E-state index contributed by atoms with van der Waals surface area (Å²) in [6, 6.07) is 9.91. The molecule has 0 aliphatic heterocycles. The number of hydrogen-bond donors (Lipinski definition) is 1. The first-order valence-electron chi connectivity index (χ1n) is 6.72. The molecule has 1 heterocycles. The van der Waals surface area contributed by atoms with Gasteiger partial charge in [-0.15, -0.1) is 0 Å². The zero-order chi connectivity index (χ0) is 14.1. The summed E-state index contributed by atoms with van der Waals surface area (Å²) in [6.45, 7) is 0. The molecule has 0 spiro atoms. The normalized spacial score (nSPS) is 17.0. The average molecular weight is 290 g/mol. The molecule has 2 aromatic rings. The lowest BCUT2D eigenvalue weighted by molar-refractivity contribution is 0.0594. The molecule has 0 radical (unpaired) electrons. The number of halogens is 1. The highest BCUT2D eigenvalue weighted by Gasteiger charge is 2.26. The van der Waals surface area contributed by atoms with E-state index in [0.717, 1.165) is 24.3 Å². The summed E-state index contributed by atoms with van der Waals surface area (Å²) in [5.41, 5.74) is 4.25. The number of aromatic amines is 1. The van der Waals surface area contributed by atoms with Crippen LogP contribution in [-0.4, -0.2) is 18.1 Å². The number of rotatable bonds is 3. The van der Waals surface area contributed by atoms with E-state index < -0.39 is 0 Å². The second-order valence-corrected chi connectivity index (χ2v) is 5.61. The number of aryl methyl sites for hydroxylation is 1. The molecule has 1 unspecified atom stereocenters. The van der Waals surface area contributed by atoms with Crippen LogP contribution in [0.1, 0.15) is 39.6 Å². The van der Waals surface area contributed by atoms with Crippen LogP contribution in [0.2, 0.25) is 5.02 Å². The van der Waals surface area contributed by atoms with Gasteiger partial charge in [0, 0.05) is 10.7 Å². The molecule has 104 valence electrons. The van der Waals surface area contributed by atoms with Crippen molar-refractivity contribution in [3.8, 4) is 0 Å². The lowest BCUT2D eigenvalue weighted by Gasteiger charge is -2.10. The van der Waals surface area contributed by atoms with E-state index in [0.29, 0.717) is 11.6 Å². The number of aromatic nitrogens is 1. The summed E-state index contributed by atoms with van der Waals surface area (Å²) in [4.78, 5) is 14.7. The first-order valence-corrected chi connectivity index (χ1v) is 7.09. The van der Waals surface area contributed by atoms with E-state index in [1.54, 1.807) is 0 Å². The summed E-state index contributed by atoms with van der Waals surface area (Å²) in [5.74, 6) is 0.158. The molecule has 3 nitrogen and oxygen atoms in total. The van der Waals surface area contributed by atoms with Gasteiger partial charge >= 0.3 is 5.97 Å². The van der Waals surface area contributed by atoms with Crippen molar-refractivity contribution in [1.29, 1.82) is 0 Å². The molecule has 1 aliphatic rings. The fourth-order valence-corrected chi connectivity index (χ4v) is 3.02. The maximum Gasteiger partial charge on any atom is 0.354 e. The van der Waals surface area contributed by atoms with E-state index in [-0.39, 0.29) is 5.97 Å². The van der Waals surface area contributed by atoms with Crippen LogP contribution < -0.4 is 0 Å². The van der Waals surface area contributed by atoms with E-state index in [9.17, 15) is 4.79 Å². The predicted octanol–water partition coefficient (Wildman–Crippen LogP) is 3.73. The van der Waals surface area contributed by atoms with Gasteiger partial charge in [-0.05, 0) is 54.5 Å². The summed E-state index contributed by atoms with van der Waals surface area (Å²) < 4.78 is 4.76. The Labute approximate surface area is 122 Å².